The first-order valence-electron chi connectivity index (χ1n) is 5.63. The van der Waals surface area contributed by atoms with E-state index in [0.717, 1.165) is 41.8 Å². The molecule has 88 valence electrons. The van der Waals surface area contributed by atoms with E-state index in [2.05, 4.69) is 10.1 Å². The van der Waals surface area contributed by atoms with Gasteiger partial charge in [-0.2, -0.15) is 5.10 Å². The van der Waals surface area contributed by atoms with E-state index in [1.54, 1.807) is 10.9 Å². The van der Waals surface area contributed by atoms with Gasteiger partial charge in [-0.1, -0.05) is 0 Å². The molecule has 0 atom stereocenters. The highest BCUT2D eigenvalue weighted by Gasteiger charge is 2.25. The topological polar surface area (TPSA) is 70.9 Å². The molecule has 3 rings (SSSR count). The number of hydrogen-bond acceptors (Lipinski definition) is 2. The molecule has 2 N–H and O–H groups in total. The van der Waals surface area contributed by atoms with Crippen molar-refractivity contribution in [2.24, 2.45) is 7.05 Å². The highest BCUT2D eigenvalue weighted by atomic mass is 16.4. The van der Waals surface area contributed by atoms with Crippen molar-refractivity contribution in [2.45, 2.75) is 19.3 Å². The molecule has 0 amide bonds. The van der Waals surface area contributed by atoms with Gasteiger partial charge in [-0.25, -0.2) is 4.79 Å². The van der Waals surface area contributed by atoms with Gasteiger partial charge in [0.15, 0.2) is 0 Å². The van der Waals surface area contributed by atoms with Crippen LogP contribution < -0.4 is 0 Å². The molecule has 5 nitrogen and oxygen atoms in total. The zero-order valence-electron chi connectivity index (χ0n) is 9.53. The number of nitrogens with zero attached hydrogens (tertiary/aromatic N) is 2. The fourth-order valence-electron chi connectivity index (χ4n) is 2.55. The van der Waals surface area contributed by atoms with Gasteiger partial charge in [0.2, 0.25) is 0 Å². The Labute approximate surface area is 98.1 Å². The third kappa shape index (κ3) is 1.39. The second kappa shape index (κ2) is 3.48. The Morgan fingerprint density at radius 1 is 1.53 bits per heavy atom. The van der Waals surface area contributed by atoms with Gasteiger partial charge >= 0.3 is 5.97 Å². The second-order valence-electron chi connectivity index (χ2n) is 4.36. The maximum Gasteiger partial charge on any atom is 0.337 e. The first-order chi connectivity index (χ1) is 8.18. The van der Waals surface area contributed by atoms with Crippen LogP contribution in [0.5, 0.6) is 0 Å². The number of nitrogens with one attached hydrogen (secondary N) is 1. The minimum atomic E-state index is -0.892. The summed E-state index contributed by atoms with van der Waals surface area (Å²) in [7, 11) is 1.85. The summed E-state index contributed by atoms with van der Waals surface area (Å²) in [5.74, 6) is -0.892. The average Bonchev–Trinajstić information content (AvgIpc) is 2.79. The zero-order chi connectivity index (χ0) is 12.0. The van der Waals surface area contributed by atoms with Crippen molar-refractivity contribution in [3.05, 3.63) is 29.2 Å². The molecule has 0 aliphatic heterocycles. The van der Waals surface area contributed by atoms with Crippen LogP contribution in [0.15, 0.2) is 12.4 Å². The van der Waals surface area contributed by atoms with Crippen LogP contribution >= 0.6 is 0 Å². The normalized spacial score (nSPS) is 13.9. The van der Waals surface area contributed by atoms with Crippen LogP contribution in [0, 0.1) is 0 Å². The van der Waals surface area contributed by atoms with E-state index in [-0.39, 0.29) is 0 Å². The summed E-state index contributed by atoms with van der Waals surface area (Å²) >= 11 is 0. The van der Waals surface area contributed by atoms with Crippen LogP contribution in [0.25, 0.3) is 11.3 Å². The SMILES string of the molecule is Cn1ncc2c1-c1c(C(=O)O)c[nH]c1CCC2. The molecule has 0 fully saturated rings. The lowest BCUT2D eigenvalue weighted by molar-refractivity contribution is 0.0698. The van der Waals surface area contributed by atoms with E-state index >= 15 is 0 Å². The van der Waals surface area contributed by atoms with Crippen molar-refractivity contribution >= 4 is 5.97 Å². The van der Waals surface area contributed by atoms with Gasteiger partial charge in [-0.15, -0.1) is 0 Å². The predicted octanol–water partition coefficient (Wildman–Crippen LogP) is 1.60. The first-order valence-corrected chi connectivity index (χ1v) is 5.63. The lowest BCUT2D eigenvalue weighted by atomic mass is 10.0. The van der Waals surface area contributed by atoms with Gasteiger partial charge in [0.25, 0.3) is 0 Å². The summed E-state index contributed by atoms with van der Waals surface area (Å²) in [6.07, 6.45) is 6.27. The summed E-state index contributed by atoms with van der Waals surface area (Å²) in [5, 5.41) is 13.5. The van der Waals surface area contributed by atoms with Crippen LogP contribution in [-0.4, -0.2) is 25.8 Å². The minimum absolute atomic E-state index is 0.340. The molecule has 0 radical (unpaired) electrons. The molecule has 0 aromatic carbocycles. The zero-order valence-corrected chi connectivity index (χ0v) is 9.53. The molecule has 2 aromatic heterocycles. The average molecular weight is 231 g/mol. The predicted molar refractivity (Wildman–Crippen MR) is 62.0 cm³/mol. The Morgan fingerprint density at radius 2 is 2.35 bits per heavy atom. The number of aromatic nitrogens is 3. The monoisotopic (exact) mass is 231 g/mol. The number of rotatable bonds is 1. The van der Waals surface area contributed by atoms with Crippen molar-refractivity contribution in [3.63, 3.8) is 0 Å². The maximum absolute atomic E-state index is 11.2. The van der Waals surface area contributed by atoms with Gasteiger partial charge in [0.05, 0.1) is 17.5 Å². The molecule has 0 saturated carbocycles. The number of hydrogen-bond donors (Lipinski definition) is 2. The summed E-state index contributed by atoms with van der Waals surface area (Å²) in [6.45, 7) is 0. The molecule has 2 aromatic rings. The van der Waals surface area contributed by atoms with E-state index < -0.39 is 5.97 Å². The third-order valence-corrected chi connectivity index (χ3v) is 3.32. The largest absolute Gasteiger partial charge is 0.478 e. The molecule has 5 heteroatoms. The molecular weight excluding hydrogens is 218 g/mol. The molecule has 0 saturated heterocycles. The number of fused-ring (bicyclic) bond motifs is 3. The van der Waals surface area contributed by atoms with Gasteiger partial charge < -0.3 is 10.1 Å². The van der Waals surface area contributed by atoms with Crippen LogP contribution in [0.1, 0.15) is 28.0 Å². The molecule has 1 aliphatic rings. The maximum atomic E-state index is 11.2. The fraction of sp³-hybridized carbons (Fsp3) is 0.333. The summed E-state index contributed by atoms with van der Waals surface area (Å²) in [4.78, 5) is 14.3. The van der Waals surface area contributed by atoms with Crippen molar-refractivity contribution in [3.8, 4) is 11.3 Å². The second-order valence-corrected chi connectivity index (χ2v) is 4.36. The molecule has 2 heterocycles. The number of carbonyl (C=O) groups is 1. The van der Waals surface area contributed by atoms with Gasteiger partial charge in [0, 0.05) is 24.5 Å². The quantitative estimate of drug-likeness (QED) is 0.783. The van der Waals surface area contributed by atoms with E-state index in [0.29, 0.717) is 5.56 Å². The standard InChI is InChI=1S/C12H13N3O2/c1-15-11-7(5-14-15)3-2-4-9-10(11)8(6-13-9)12(16)17/h5-6,13H,2-4H2,1H3,(H,16,17). The molecular formula is C12H13N3O2. The highest BCUT2D eigenvalue weighted by Crippen LogP contribution is 2.34. The van der Waals surface area contributed by atoms with E-state index in [4.69, 9.17) is 0 Å². The number of aromatic carboxylic acids is 1. The van der Waals surface area contributed by atoms with Crippen molar-refractivity contribution in [2.75, 3.05) is 0 Å². The van der Waals surface area contributed by atoms with Gasteiger partial charge in [-0.3, -0.25) is 4.68 Å². The third-order valence-electron chi connectivity index (χ3n) is 3.32. The molecule has 17 heavy (non-hydrogen) atoms. The molecule has 0 unspecified atom stereocenters. The summed E-state index contributed by atoms with van der Waals surface area (Å²) < 4.78 is 1.76. The Kier molecular flexibility index (Phi) is 2.07. The molecule has 1 aliphatic carbocycles. The van der Waals surface area contributed by atoms with Gasteiger partial charge in [0.1, 0.15) is 0 Å². The number of H-pyrrole nitrogens is 1. The van der Waals surface area contributed by atoms with Crippen molar-refractivity contribution in [1.29, 1.82) is 0 Å². The number of aromatic amines is 1. The van der Waals surface area contributed by atoms with Crippen LogP contribution in [-0.2, 0) is 19.9 Å². The molecule has 0 bridgehead atoms. The summed E-state index contributed by atoms with van der Waals surface area (Å²) in [5.41, 5.74) is 4.23. The molecule has 0 spiro atoms. The minimum Gasteiger partial charge on any atom is -0.478 e. The van der Waals surface area contributed by atoms with E-state index in [9.17, 15) is 9.90 Å². The van der Waals surface area contributed by atoms with Gasteiger partial charge in [-0.05, 0) is 24.8 Å². The first kappa shape index (κ1) is 10.1. The highest BCUT2D eigenvalue weighted by molar-refractivity contribution is 5.97. The lowest BCUT2D eigenvalue weighted by Crippen LogP contribution is -2.01. The Bertz CT molecular complexity index is 595. The van der Waals surface area contributed by atoms with E-state index in [1.807, 2.05) is 13.2 Å². The Morgan fingerprint density at radius 3 is 3.12 bits per heavy atom. The van der Waals surface area contributed by atoms with Crippen LogP contribution in [0.3, 0.4) is 0 Å². The number of carboxylic acids is 1. The Balaban J connectivity index is 2.32. The lowest BCUT2D eigenvalue weighted by Gasteiger charge is -2.05. The fourth-order valence-corrected chi connectivity index (χ4v) is 2.55. The van der Waals surface area contributed by atoms with Crippen LogP contribution in [0.4, 0.5) is 0 Å². The number of carboxylic acid groups (broad SMARTS) is 1. The van der Waals surface area contributed by atoms with Crippen molar-refractivity contribution in [1.82, 2.24) is 14.8 Å². The van der Waals surface area contributed by atoms with Crippen molar-refractivity contribution < 1.29 is 9.90 Å². The Hall–Kier alpha value is -2.04. The smallest absolute Gasteiger partial charge is 0.337 e. The summed E-state index contributed by atoms with van der Waals surface area (Å²) in [6, 6.07) is 0. The van der Waals surface area contributed by atoms with E-state index in [1.165, 1.54) is 0 Å². The number of aryl methyl sites for hydroxylation is 3. The van der Waals surface area contributed by atoms with Crippen LogP contribution in [0.2, 0.25) is 0 Å².